The lowest BCUT2D eigenvalue weighted by atomic mass is 10.1. The fraction of sp³-hybridized carbons (Fsp3) is 0.357. The Bertz CT molecular complexity index is 1110. The Balaban J connectivity index is 1.83. The number of nitrogens with zero attached hydrogens (tertiary/aromatic N) is 2. The zero-order valence-corrected chi connectivity index (χ0v) is 21.6. The van der Waals surface area contributed by atoms with Crippen LogP contribution in [-0.4, -0.2) is 41.8 Å². The van der Waals surface area contributed by atoms with Crippen LogP contribution in [0.15, 0.2) is 60.7 Å². The number of hydrogen-bond acceptors (Lipinski definition) is 4. The second-order valence-corrected chi connectivity index (χ2v) is 10.2. The Labute approximate surface area is 211 Å². The molecule has 0 spiro atoms. The average molecular weight is 497 g/mol. The van der Waals surface area contributed by atoms with Crippen LogP contribution in [0.3, 0.4) is 0 Å². The van der Waals surface area contributed by atoms with Crippen LogP contribution >= 0.6 is 11.3 Å². The first kappa shape index (κ1) is 26.4. The number of hydrogen-bond donors (Lipinski definition) is 0. The Morgan fingerprint density at radius 2 is 1.66 bits per heavy atom. The van der Waals surface area contributed by atoms with Crippen molar-refractivity contribution in [2.75, 3.05) is 20.2 Å². The van der Waals surface area contributed by atoms with Crippen molar-refractivity contribution in [2.24, 2.45) is 5.92 Å². The van der Waals surface area contributed by atoms with Crippen LogP contribution in [0, 0.1) is 18.7 Å². The molecular weight excluding hydrogens is 463 g/mol. The maximum Gasteiger partial charge on any atom is 0.254 e. The summed E-state index contributed by atoms with van der Waals surface area (Å²) in [5.74, 6) is 0.268. The molecule has 0 aliphatic rings. The van der Waals surface area contributed by atoms with E-state index in [-0.39, 0.29) is 30.1 Å². The van der Waals surface area contributed by atoms with Gasteiger partial charge in [-0.25, -0.2) is 4.39 Å². The molecule has 0 bridgehead atoms. The molecule has 1 heterocycles. The van der Waals surface area contributed by atoms with Crippen LogP contribution in [0.5, 0.6) is 5.75 Å². The molecule has 2 aromatic carbocycles. The number of ether oxygens (including phenoxy) is 1. The molecule has 0 aliphatic carbocycles. The third kappa shape index (κ3) is 7.65. The highest BCUT2D eigenvalue weighted by Crippen LogP contribution is 2.20. The van der Waals surface area contributed by atoms with E-state index in [1.54, 1.807) is 64.6 Å². The molecule has 3 aromatic rings. The first-order chi connectivity index (χ1) is 16.8. The SMILES string of the molecule is CCC(C)CN(CC(=O)N(Cc1ccc(F)cc1)Cc1ccc(C)s1)C(=O)c1ccc(OC)cc1. The molecule has 2 amide bonds. The molecule has 0 fully saturated rings. The number of rotatable bonds is 11. The topological polar surface area (TPSA) is 49.9 Å². The van der Waals surface area contributed by atoms with Gasteiger partial charge in [-0.05, 0) is 66.9 Å². The first-order valence-electron chi connectivity index (χ1n) is 11.8. The summed E-state index contributed by atoms with van der Waals surface area (Å²) in [6, 6.07) is 17.2. The van der Waals surface area contributed by atoms with Gasteiger partial charge in [0.1, 0.15) is 18.1 Å². The van der Waals surface area contributed by atoms with E-state index in [0.717, 1.165) is 16.9 Å². The quantitative estimate of drug-likeness (QED) is 0.331. The fourth-order valence-electron chi connectivity index (χ4n) is 3.70. The van der Waals surface area contributed by atoms with Crippen molar-refractivity contribution in [3.05, 3.63) is 87.4 Å². The van der Waals surface area contributed by atoms with Crippen molar-refractivity contribution in [3.63, 3.8) is 0 Å². The van der Waals surface area contributed by atoms with E-state index in [0.29, 0.717) is 30.9 Å². The molecule has 0 aliphatic heterocycles. The van der Waals surface area contributed by atoms with Crippen LogP contribution in [0.4, 0.5) is 4.39 Å². The zero-order chi connectivity index (χ0) is 25.4. The van der Waals surface area contributed by atoms with Gasteiger partial charge >= 0.3 is 0 Å². The summed E-state index contributed by atoms with van der Waals surface area (Å²) in [5.41, 5.74) is 1.35. The highest BCUT2D eigenvalue weighted by atomic mass is 32.1. The molecule has 186 valence electrons. The van der Waals surface area contributed by atoms with Gasteiger partial charge in [0.15, 0.2) is 0 Å². The number of benzene rings is 2. The molecule has 35 heavy (non-hydrogen) atoms. The predicted octanol–water partition coefficient (Wildman–Crippen LogP) is 5.92. The molecule has 0 saturated heterocycles. The van der Waals surface area contributed by atoms with E-state index < -0.39 is 0 Å². The molecule has 1 aromatic heterocycles. The third-order valence-corrected chi connectivity index (χ3v) is 6.95. The number of halogens is 1. The second kappa shape index (κ2) is 12.5. The predicted molar refractivity (Wildman–Crippen MR) is 138 cm³/mol. The maximum atomic E-state index is 13.6. The lowest BCUT2D eigenvalue weighted by Crippen LogP contribution is -2.44. The molecule has 5 nitrogen and oxygen atoms in total. The van der Waals surface area contributed by atoms with Gasteiger partial charge in [-0.2, -0.15) is 0 Å². The van der Waals surface area contributed by atoms with Crippen LogP contribution in [0.25, 0.3) is 0 Å². The number of aryl methyl sites for hydroxylation is 1. The summed E-state index contributed by atoms with van der Waals surface area (Å²) in [7, 11) is 1.58. The van der Waals surface area contributed by atoms with E-state index in [4.69, 9.17) is 4.74 Å². The van der Waals surface area contributed by atoms with E-state index in [2.05, 4.69) is 13.8 Å². The normalized spacial score (nSPS) is 11.7. The Morgan fingerprint density at radius 1 is 0.971 bits per heavy atom. The molecule has 1 atom stereocenters. The van der Waals surface area contributed by atoms with Crippen LogP contribution in [0.1, 0.15) is 45.9 Å². The molecule has 0 N–H and O–H groups in total. The summed E-state index contributed by atoms with van der Waals surface area (Å²) in [6.07, 6.45) is 0.897. The van der Waals surface area contributed by atoms with E-state index >= 15 is 0 Å². The highest BCUT2D eigenvalue weighted by Gasteiger charge is 2.24. The van der Waals surface area contributed by atoms with Gasteiger partial charge in [0.2, 0.25) is 5.91 Å². The summed E-state index contributed by atoms with van der Waals surface area (Å²) < 4.78 is 18.6. The summed E-state index contributed by atoms with van der Waals surface area (Å²) in [5, 5.41) is 0. The lowest BCUT2D eigenvalue weighted by molar-refractivity contribution is -0.133. The highest BCUT2D eigenvalue weighted by molar-refractivity contribution is 7.11. The molecule has 0 radical (unpaired) electrons. The second-order valence-electron chi connectivity index (χ2n) is 8.82. The van der Waals surface area contributed by atoms with Gasteiger partial charge in [0.25, 0.3) is 5.91 Å². The van der Waals surface area contributed by atoms with Crippen LogP contribution < -0.4 is 4.74 Å². The number of carbonyl (C=O) groups is 2. The van der Waals surface area contributed by atoms with E-state index in [1.165, 1.54) is 17.0 Å². The third-order valence-electron chi connectivity index (χ3n) is 5.96. The largest absolute Gasteiger partial charge is 0.497 e. The van der Waals surface area contributed by atoms with Gasteiger partial charge in [-0.1, -0.05) is 32.4 Å². The van der Waals surface area contributed by atoms with Gasteiger partial charge in [0.05, 0.1) is 13.7 Å². The van der Waals surface area contributed by atoms with E-state index in [1.807, 2.05) is 19.1 Å². The maximum absolute atomic E-state index is 13.6. The van der Waals surface area contributed by atoms with Crippen molar-refractivity contribution in [1.29, 1.82) is 0 Å². The Hall–Kier alpha value is -3.19. The lowest BCUT2D eigenvalue weighted by Gasteiger charge is -2.29. The molecule has 0 saturated carbocycles. The average Bonchev–Trinajstić information content (AvgIpc) is 3.28. The molecular formula is C28H33FN2O3S. The van der Waals surface area contributed by atoms with Crippen molar-refractivity contribution < 1.29 is 18.7 Å². The minimum absolute atomic E-state index is 0.0270. The summed E-state index contributed by atoms with van der Waals surface area (Å²) in [4.78, 5) is 32.6. The van der Waals surface area contributed by atoms with E-state index in [9.17, 15) is 14.0 Å². The van der Waals surface area contributed by atoms with Crippen LogP contribution in [-0.2, 0) is 17.9 Å². The number of amides is 2. The first-order valence-corrected chi connectivity index (χ1v) is 12.6. The van der Waals surface area contributed by atoms with Gasteiger partial charge < -0.3 is 14.5 Å². The molecule has 3 rings (SSSR count). The van der Waals surface area contributed by atoms with Crippen molar-refractivity contribution in [3.8, 4) is 5.75 Å². The van der Waals surface area contributed by atoms with Gasteiger partial charge in [-0.15, -0.1) is 11.3 Å². The minimum Gasteiger partial charge on any atom is -0.497 e. The van der Waals surface area contributed by atoms with Crippen molar-refractivity contribution in [1.82, 2.24) is 9.80 Å². The fourth-order valence-corrected chi connectivity index (χ4v) is 4.61. The Morgan fingerprint density at radius 3 is 2.23 bits per heavy atom. The van der Waals surface area contributed by atoms with Crippen molar-refractivity contribution in [2.45, 2.75) is 40.3 Å². The molecule has 1 unspecified atom stereocenters. The minimum atomic E-state index is -0.315. The Kier molecular flexibility index (Phi) is 9.43. The number of thiophene rings is 1. The standard InChI is InChI=1S/C28H33FN2O3S/c1-5-20(2)16-31(28(33)23-9-13-25(34-4)14-10-23)19-27(32)30(18-26-15-6-21(3)35-26)17-22-7-11-24(29)12-8-22/h6-15,20H,5,16-19H2,1-4H3. The van der Waals surface area contributed by atoms with Gasteiger partial charge in [0, 0.05) is 28.4 Å². The van der Waals surface area contributed by atoms with Gasteiger partial charge in [-0.3, -0.25) is 9.59 Å². The monoisotopic (exact) mass is 496 g/mol. The van der Waals surface area contributed by atoms with Crippen molar-refractivity contribution >= 4 is 23.2 Å². The zero-order valence-electron chi connectivity index (χ0n) is 20.8. The number of methoxy groups -OCH3 is 1. The van der Waals surface area contributed by atoms with Crippen LogP contribution in [0.2, 0.25) is 0 Å². The molecule has 7 heteroatoms. The summed E-state index contributed by atoms with van der Waals surface area (Å²) in [6.45, 7) is 7.40. The summed E-state index contributed by atoms with van der Waals surface area (Å²) >= 11 is 1.64. The number of carbonyl (C=O) groups excluding carboxylic acids is 2. The smallest absolute Gasteiger partial charge is 0.254 e.